The second kappa shape index (κ2) is 9.29. The highest BCUT2D eigenvalue weighted by atomic mass is 16.5. The maximum Gasteiger partial charge on any atom is 0.260 e. The highest BCUT2D eigenvalue weighted by Gasteiger charge is 2.12. The lowest BCUT2D eigenvalue weighted by molar-refractivity contribution is -0.132. The van der Waals surface area contributed by atoms with Crippen molar-refractivity contribution in [3.63, 3.8) is 0 Å². The third-order valence-electron chi connectivity index (χ3n) is 3.03. The minimum Gasteiger partial charge on any atom is -0.493 e. The average Bonchev–Trinajstić information content (AvgIpc) is 2.54. The van der Waals surface area contributed by atoms with Crippen LogP contribution in [0.25, 0.3) is 0 Å². The Bertz CT molecular complexity index is 578. The van der Waals surface area contributed by atoms with Crippen molar-refractivity contribution in [3.8, 4) is 11.5 Å². The fraction of sp³-hybridized carbons (Fsp3) is 0.400. The lowest BCUT2D eigenvalue weighted by Gasteiger charge is -2.19. The first kappa shape index (κ1) is 18.3. The van der Waals surface area contributed by atoms with E-state index in [1.807, 2.05) is 13.8 Å². The molecule has 0 aromatic heterocycles. The standard InChI is InChI=1S/C15H23N5O3/c1-4-20(5-2)14(21)10-23-12-7-6-11(8-13(12)22-3)9-18-19-15(16)17/h6-9H,4-5,10H2,1-3H3,(H4,16,17,19). The van der Waals surface area contributed by atoms with Crippen molar-refractivity contribution < 1.29 is 14.3 Å². The highest BCUT2D eigenvalue weighted by molar-refractivity contribution is 5.82. The number of nitrogens with two attached hydrogens (primary N) is 2. The van der Waals surface area contributed by atoms with Gasteiger partial charge in [-0.3, -0.25) is 4.79 Å². The molecule has 126 valence electrons. The van der Waals surface area contributed by atoms with E-state index in [1.165, 1.54) is 13.3 Å². The van der Waals surface area contributed by atoms with Gasteiger partial charge in [-0.15, -0.1) is 5.10 Å². The largest absolute Gasteiger partial charge is 0.493 e. The molecule has 1 rings (SSSR count). The van der Waals surface area contributed by atoms with E-state index in [1.54, 1.807) is 23.1 Å². The van der Waals surface area contributed by atoms with Crippen molar-refractivity contribution >= 4 is 18.1 Å². The van der Waals surface area contributed by atoms with E-state index in [4.69, 9.17) is 20.9 Å². The molecule has 0 aliphatic carbocycles. The lowest BCUT2D eigenvalue weighted by atomic mass is 10.2. The van der Waals surface area contributed by atoms with Crippen molar-refractivity contribution in [1.82, 2.24) is 4.90 Å². The first-order valence-electron chi connectivity index (χ1n) is 7.22. The Morgan fingerprint density at radius 2 is 1.96 bits per heavy atom. The predicted molar refractivity (Wildman–Crippen MR) is 89.8 cm³/mol. The Balaban J connectivity index is 2.79. The Morgan fingerprint density at radius 1 is 1.26 bits per heavy atom. The normalized spacial score (nSPS) is 10.4. The third kappa shape index (κ3) is 5.85. The Hall–Kier alpha value is -2.77. The number of methoxy groups -OCH3 is 1. The van der Waals surface area contributed by atoms with Gasteiger partial charge in [-0.25, -0.2) is 0 Å². The number of hydrogen-bond acceptors (Lipinski definition) is 5. The van der Waals surface area contributed by atoms with Gasteiger partial charge in [0.15, 0.2) is 18.1 Å². The van der Waals surface area contributed by atoms with Gasteiger partial charge in [-0.1, -0.05) is 0 Å². The fourth-order valence-electron chi connectivity index (χ4n) is 1.85. The molecule has 0 aliphatic heterocycles. The molecule has 0 aliphatic rings. The second-order valence-electron chi connectivity index (χ2n) is 4.53. The molecule has 0 bridgehead atoms. The maximum absolute atomic E-state index is 12.0. The number of carbonyl (C=O) groups is 1. The molecular weight excluding hydrogens is 298 g/mol. The summed E-state index contributed by atoms with van der Waals surface area (Å²) in [6.45, 7) is 5.10. The lowest BCUT2D eigenvalue weighted by Crippen LogP contribution is -2.34. The zero-order chi connectivity index (χ0) is 17.2. The summed E-state index contributed by atoms with van der Waals surface area (Å²) in [5, 5.41) is 7.24. The molecule has 23 heavy (non-hydrogen) atoms. The average molecular weight is 321 g/mol. The van der Waals surface area contributed by atoms with Crippen LogP contribution in [0.4, 0.5) is 0 Å². The smallest absolute Gasteiger partial charge is 0.260 e. The molecular formula is C15H23N5O3. The number of rotatable bonds is 8. The van der Waals surface area contributed by atoms with Crippen LogP contribution in [0.3, 0.4) is 0 Å². The first-order chi connectivity index (χ1) is 11.0. The summed E-state index contributed by atoms with van der Waals surface area (Å²) in [6, 6.07) is 5.17. The quantitative estimate of drug-likeness (QED) is 0.412. The van der Waals surface area contributed by atoms with Gasteiger partial charge in [0.2, 0.25) is 5.96 Å². The minimum atomic E-state index is -0.122. The SMILES string of the molecule is CCN(CC)C(=O)COc1ccc(C=NN=C(N)N)cc1OC. The number of guanidine groups is 1. The van der Waals surface area contributed by atoms with E-state index in [9.17, 15) is 4.79 Å². The molecule has 0 heterocycles. The molecule has 1 amide bonds. The predicted octanol–water partition coefficient (Wildman–Crippen LogP) is 0.550. The van der Waals surface area contributed by atoms with Crippen LogP contribution in [0.1, 0.15) is 19.4 Å². The number of carbonyl (C=O) groups excluding carboxylic acids is 1. The molecule has 0 saturated heterocycles. The summed E-state index contributed by atoms with van der Waals surface area (Å²) in [5.41, 5.74) is 11.1. The summed E-state index contributed by atoms with van der Waals surface area (Å²) in [7, 11) is 1.52. The molecule has 1 aromatic carbocycles. The number of amides is 1. The second-order valence-corrected chi connectivity index (χ2v) is 4.53. The van der Waals surface area contributed by atoms with Crippen LogP contribution in [0, 0.1) is 0 Å². The van der Waals surface area contributed by atoms with Crippen LogP contribution in [-0.2, 0) is 4.79 Å². The van der Waals surface area contributed by atoms with Crippen molar-refractivity contribution in [2.45, 2.75) is 13.8 Å². The molecule has 8 heteroatoms. The zero-order valence-corrected chi connectivity index (χ0v) is 13.7. The topological polar surface area (TPSA) is 116 Å². The molecule has 0 unspecified atom stereocenters. The van der Waals surface area contributed by atoms with Crippen molar-refractivity contribution in [2.75, 3.05) is 26.8 Å². The van der Waals surface area contributed by atoms with Gasteiger partial charge in [0.05, 0.1) is 13.3 Å². The van der Waals surface area contributed by atoms with Crippen LogP contribution in [-0.4, -0.2) is 49.8 Å². The van der Waals surface area contributed by atoms with Gasteiger partial charge in [-0.05, 0) is 37.6 Å². The number of ether oxygens (including phenoxy) is 2. The summed E-state index contributed by atoms with van der Waals surface area (Å²) in [6.07, 6.45) is 1.48. The van der Waals surface area contributed by atoms with Gasteiger partial charge in [0.25, 0.3) is 5.91 Å². The summed E-state index contributed by atoms with van der Waals surface area (Å²) < 4.78 is 10.8. The molecule has 4 N–H and O–H groups in total. The summed E-state index contributed by atoms with van der Waals surface area (Å²) in [4.78, 5) is 13.6. The molecule has 0 radical (unpaired) electrons. The molecule has 0 atom stereocenters. The Kier molecular flexibility index (Phi) is 7.38. The molecule has 0 spiro atoms. The maximum atomic E-state index is 12.0. The van der Waals surface area contributed by atoms with Gasteiger partial charge < -0.3 is 25.8 Å². The molecule has 0 saturated carbocycles. The number of benzene rings is 1. The van der Waals surface area contributed by atoms with Gasteiger partial charge >= 0.3 is 0 Å². The summed E-state index contributed by atoms with van der Waals surface area (Å²) in [5.74, 6) is 0.775. The van der Waals surface area contributed by atoms with E-state index in [0.29, 0.717) is 24.6 Å². The summed E-state index contributed by atoms with van der Waals surface area (Å²) >= 11 is 0. The monoisotopic (exact) mass is 321 g/mol. The first-order valence-corrected chi connectivity index (χ1v) is 7.22. The van der Waals surface area contributed by atoms with Crippen molar-refractivity contribution in [2.24, 2.45) is 21.7 Å². The molecule has 1 aromatic rings. The third-order valence-corrected chi connectivity index (χ3v) is 3.03. The van der Waals surface area contributed by atoms with Gasteiger partial charge in [-0.2, -0.15) is 5.10 Å². The van der Waals surface area contributed by atoms with Crippen LogP contribution in [0.15, 0.2) is 28.4 Å². The van der Waals surface area contributed by atoms with Crippen LogP contribution in [0.5, 0.6) is 11.5 Å². The number of hydrogen-bond donors (Lipinski definition) is 2. The van der Waals surface area contributed by atoms with Gasteiger partial charge in [0, 0.05) is 13.1 Å². The van der Waals surface area contributed by atoms with Crippen LogP contribution < -0.4 is 20.9 Å². The number of likely N-dealkylation sites (N-methyl/N-ethyl adjacent to an activating group) is 1. The molecule has 8 nitrogen and oxygen atoms in total. The van der Waals surface area contributed by atoms with E-state index >= 15 is 0 Å². The van der Waals surface area contributed by atoms with Crippen LogP contribution in [0.2, 0.25) is 0 Å². The van der Waals surface area contributed by atoms with E-state index in [0.717, 1.165) is 5.56 Å². The fourth-order valence-corrected chi connectivity index (χ4v) is 1.85. The Morgan fingerprint density at radius 3 is 2.52 bits per heavy atom. The van der Waals surface area contributed by atoms with E-state index in [2.05, 4.69) is 10.2 Å². The number of nitrogens with zero attached hydrogens (tertiary/aromatic N) is 3. The van der Waals surface area contributed by atoms with Crippen molar-refractivity contribution in [3.05, 3.63) is 23.8 Å². The van der Waals surface area contributed by atoms with Gasteiger partial charge in [0.1, 0.15) is 0 Å². The van der Waals surface area contributed by atoms with E-state index in [-0.39, 0.29) is 18.5 Å². The zero-order valence-electron chi connectivity index (χ0n) is 13.7. The van der Waals surface area contributed by atoms with E-state index < -0.39 is 0 Å². The molecule has 0 fully saturated rings. The minimum absolute atomic E-state index is 0.0422. The van der Waals surface area contributed by atoms with Crippen LogP contribution >= 0.6 is 0 Å². The van der Waals surface area contributed by atoms with Crippen molar-refractivity contribution in [1.29, 1.82) is 0 Å². The Labute approximate surface area is 135 Å². The highest BCUT2D eigenvalue weighted by Crippen LogP contribution is 2.27.